The van der Waals surface area contributed by atoms with Crippen molar-refractivity contribution in [3.8, 4) is 5.75 Å². The van der Waals surface area contributed by atoms with Crippen molar-refractivity contribution < 1.29 is 9.66 Å². The maximum atomic E-state index is 11.5. The monoisotopic (exact) mass is 366 g/mol. The molecule has 0 saturated heterocycles. The van der Waals surface area contributed by atoms with Gasteiger partial charge in [-0.1, -0.05) is 12.1 Å². The predicted molar refractivity (Wildman–Crippen MR) is 104 cm³/mol. The summed E-state index contributed by atoms with van der Waals surface area (Å²) in [6.07, 6.45) is 0. The molecule has 1 aromatic heterocycles. The SMILES string of the molecule is COc1ccc(Nc2nc(Nc3ccccc3N)nc(C)c2[N+](=O)[O-])cc1. The van der Waals surface area contributed by atoms with Crippen molar-refractivity contribution in [2.24, 2.45) is 0 Å². The van der Waals surface area contributed by atoms with Crippen LogP contribution in [0.1, 0.15) is 5.69 Å². The van der Waals surface area contributed by atoms with Crippen molar-refractivity contribution in [1.29, 1.82) is 0 Å². The molecule has 3 aromatic rings. The van der Waals surface area contributed by atoms with Crippen LogP contribution in [0.5, 0.6) is 5.75 Å². The fourth-order valence-electron chi connectivity index (χ4n) is 2.47. The first-order chi connectivity index (χ1) is 13.0. The van der Waals surface area contributed by atoms with E-state index in [1.54, 1.807) is 56.5 Å². The van der Waals surface area contributed by atoms with Crippen molar-refractivity contribution in [3.05, 3.63) is 64.3 Å². The second-order valence-corrected chi connectivity index (χ2v) is 5.65. The van der Waals surface area contributed by atoms with Gasteiger partial charge in [0.1, 0.15) is 11.4 Å². The Morgan fingerprint density at radius 3 is 2.41 bits per heavy atom. The van der Waals surface area contributed by atoms with Gasteiger partial charge in [0.25, 0.3) is 0 Å². The first-order valence-corrected chi connectivity index (χ1v) is 8.03. The molecular weight excluding hydrogens is 348 g/mol. The molecule has 0 aliphatic heterocycles. The first-order valence-electron chi connectivity index (χ1n) is 8.03. The number of nitrogen functional groups attached to an aromatic ring is 1. The summed E-state index contributed by atoms with van der Waals surface area (Å²) in [5.41, 5.74) is 7.70. The van der Waals surface area contributed by atoms with E-state index < -0.39 is 4.92 Å². The number of nitrogens with zero attached hydrogens (tertiary/aromatic N) is 3. The number of para-hydroxylation sites is 2. The van der Waals surface area contributed by atoms with Crippen LogP contribution < -0.4 is 21.1 Å². The van der Waals surface area contributed by atoms with Gasteiger partial charge in [-0.2, -0.15) is 4.98 Å². The summed E-state index contributed by atoms with van der Waals surface area (Å²) in [5, 5.41) is 17.4. The zero-order valence-electron chi connectivity index (χ0n) is 14.8. The summed E-state index contributed by atoms with van der Waals surface area (Å²) in [6, 6.07) is 14.1. The molecule has 0 unspecified atom stereocenters. The Hall–Kier alpha value is -3.88. The molecule has 2 aromatic carbocycles. The number of hydrogen-bond acceptors (Lipinski definition) is 8. The fourth-order valence-corrected chi connectivity index (χ4v) is 2.47. The van der Waals surface area contributed by atoms with Crippen molar-refractivity contribution in [2.75, 3.05) is 23.5 Å². The number of methoxy groups -OCH3 is 1. The average Bonchev–Trinajstić information content (AvgIpc) is 2.63. The van der Waals surface area contributed by atoms with E-state index in [1.165, 1.54) is 0 Å². The molecular formula is C18H18N6O3. The lowest BCUT2D eigenvalue weighted by atomic mass is 10.2. The molecule has 0 fully saturated rings. The number of aromatic nitrogens is 2. The largest absolute Gasteiger partial charge is 0.497 e. The lowest BCUT2D eigenvalue weighted by Crippen LogP contribution is -2.08. The van der Waals surface area contributed by atoms with Gasteiger partial charge < -0.3 is 21.1 Å². The molecule has 9 heteroatoms. The van der Waals surface area contributed by atoms with E-state index in [0.29, 0.717) is 22.8 Å². The minimum Gasteiger partial charge on any atom is -0.497 e. The van der Waals surface area contributed by atoms with E-state index >= 15 is 0 Å². The zero-order valence-corrected chi connectivity index (χ0v) is 14.8. The van der Waals surface area contributed by atoms with Crippen LogP contribution in [0.2, 0.25) is 0 Å². The molecule has 9 nitrogen and oxygen atoms in total. The van der Waals surface area contributed by atoms with E-state index in [1.807, 2.05) is 6.07 Å². The molecule has 4 N–H and O–H groups in total. The second kappa shape index (κ2) is 7.56. The highest BCUT2D eigenvalue weighted by atomic mass is 16.6. The molecule has 138 valence electrons. The molecule has 0 spiro atoms. The normalized spacial score (nSPS) is 10.3. The number of anilines is 5. The molecule has 0 bridgehead atoms. The highest BCUT2D eigenvalue weighted by molar-refractivity contribution is 5.73. The number of hydrogen-bond donors (Lipinski definition) is 3. The zero-order chi connectivity index (χ0) is 19.4. The summed E-state index contributed by atoms with van der Waals surface area (Å²) in [4.78, 5) is 19.4. The molecule has 0 aliphatic rings. The maximum Gasteiger partial charge on any atom is 0.332 e. The van der Waals surface area contributed by atoms with Gasteiger partial charge in [0, 0.05) is 5.69 Å². The lowest BCUT2D eigenvalue weighted by molar-refractivity contribution is -0.385. The van der Waals surface area contributed by atoms with Gasteiger partial charge in [-0.15, -0.1) is 0 Å². The summed E-state index contributed by atoms with van der Waals surface area (Å²) in [6.45, 7) is 1.55. The summed E-state index contributed by atoms with van der Waals surface area (Å²) in [5.74, 6) is 0.956. The molecule has 0 amide bonds. The third-order valence-electron chi connectivity index (χ3n) is 3.80. The van der Waals surface area contributed by atoms with Crippen LogP contribution in [-0.4, -0.2) is 22.0 Å². The molecule has 0 saturated carbocycles. The van der Waals surface area contributed by atoms with E-state index in [4.69, 9.17) is 10.5 Å². The topological polar surface area (TPSA) is 128 Å². The van der Waals surface area contributed by atoms with Crippen LogP contribution in [0.25, 0.3) is 0 Å². The van der Waals surface area contributed by atoms with Crippen LogP contribution in [0.3, 0.4) is 0 Å². The first kappa shape index (κ1) is 17.9. The van der Waals surface area contributed by atoms with Gasteiger partial charge in [-0.3, -0.25) is 10.1 Å². The smallest absolute Gasteiger partial charge is 0.332 e. The highest BCUT2D eigenvalue weighted by Gasteiger charge is 2.22. The number of rotatable bonds is 6. The molecule has 0 atom stereocenters. The Bertz CT molecular complexity index is 975. The van der Waals surface area contributed by atoms with Crippen molar-refractivity contribution >= 4 is 34.5 Å². The molecule has 0 radical (unpaired) electrons. The van der Waals surface area contributed by atoms with Crippen LogP contribution in [0.4, 0.5) is 34.5 Å². The number of ether oxygens (including phenoxy) is 1. The predicted octanol–water partition coefficient (Wildman–Crippen LogP) is 3.77. The summed E-state index contributed by atoms with van der Waals surface area (Å²) < 4.78 is 5.11. The third kappa shape index (κ3) is 4.03. The number of nitrogens with two attached hydrogens (primary N) is 1. The van der Waals surface area contributed by atoms with Gasteiger partial charge in [-0.05, 0) is 43.3 Å². The number of benzene rings is 2. The van der Waals surface area contributed by atoms with Crippen LogP contribution >= 0.6 is 0 Å². The van der Waals surface area contributed by atoms with Crippen molar-refractivity contribution in [1.82, 2.24) is 9.97 Å². The van der Waals surface area contributed by atoms with Gasteiger partial charge >= 0.3 is 5.69 Å². The maximum absolute atomic E-state index is 11.5. The molecule has 0 aliphatic carbocycles. The Kier molecular flexibility index (Phi) is 5.02. The number of aryl methyl sites for hydroxylation is 1. The van der Waals surface area contributed by atoms with Crippen LogP contribution in [0.15, 0.2) is 48.5 Å². The van der Waals surface area contributed by atoms with Gasteiger partial charge in [-0.25, -0.2) is 4.98 Å². The summed E-state index contributed by atoms with van der Waals surface area (Å²) in [7, 11) is 1.56. The van der Waals surface area contributed by atoms with Crippen molar-refractivity contribution in [2.45, 2.75) is 6.92 Å². The Morgan fingerprint density at radius 2 is 1.78 bits per heavy atom. The average molecular weight is 366 g/mol. The molecule has 27 heavy (non-hydrogen) atoms. The van der Waals surface area contributed by atoms with E-state index in [-0.39, 0.29) is 23.1 Å². The standard InChI is InChI=1S/C18H18N6O3/c1-11-16(24(25)26)17(21-12-7-9-13(27-2)10-8-12)23-18(20-11)22-15-6-4-3-5-14(15)19/h3-10H,19H2,1-2H3,(H2,20,21,22,23). The molecule has 1 heterocycles. The Labute approximate surface area is 155 Å². The van der Waals surface area contributed by atoms with E-state index in [2.05, 4.69) is 20.6 Å². The second-order valence-electron chi connectivity index (χ2n) is 5.65. The number of nitrogens with one attached hydrogen (secondary N) is 2. The Morgan fingerprint density at radius 1 is 1.07 bits per heavy atom. The van der Waals surface area contributed by atoms with E-state index in [9.17, 15) is 10.1 Å². The lowest BCUT2D eigenvalue weighted by Gasteiger charge is -2.12. The third-order valence-corrected chi connectivity index (χ3v) is 3.80. The summed E-state index contributed by atoms with van der Waals surface area (Å²) >= 11 is 0. The minimum absolute atomic E-state index is 0.0784. The van der Waals surface area contributed by atoms with Crippen molar-refractivity contribution in [3.63, 3.8) is 0 Å². The van der Waals surface area contributed by atoms with E-state index in [0.717, 1.165) is 0 Å². The number of nitro groups is 1. The van der Waals surface area contributed by atoms with Gasteiger partial charge in [0.05, 0.1) is 23.4 Å². The fraction of sp³-hybridized carbons (Fsp3) is 0.111. The van der Waals surface area contributed by atoms with Crippen LogP contribution in [-0.2, 0) is 0 Å². The molecule has 3 rings (SSSR count). The van der Waals surface area contributed by atoms with Gasteiger partial charge in [0.15, 0.2) is 0 Å². The van der Waals surface area contributed by atoms with Crippen LogP contribution in [0, 0.1) is 17.0 Å². The van der Waals surface area contributed by atoms with Gasteiger partial charge in [0.2, 0.25) is 11.8 Å². The minimum atomic E-state index is -0.512. The quantitative estimate of drug-likeness (QED) is 0.342. The highest BCUT2D eigenvalue weighted by Crippen LogP contribution is 2.31. The Balaban J connectivity index is 1.98.